The molecule has 0 bridgehead atoms. The number of hydrogen-bond donors (Lipinski definition) is 2. The minimum Gasteiger partial charge on any atom is -0.389 e. The highest BCUT2D eigenvalue weighted by Crippen LogP contribution is 2.44. The van der Waals surface area contributed by atoms with Crippen molar-refractivity contribution < 1.29 is 22.8 Å². The molecule has 3 N–H and O–H groups in total. The van der Waals surface area contributed by atoms with E-state index in [1.807, 2.05) is 25.9 Å². The summed E-state index contributed by atoms with van der Waals surface area (Å²) < 4.78 is 40.5. The Morgan fingerprint density at radius 3 is 2.60 bits per heavy atom. The molecule has 2 heterocycles. The summed E-state index contributed by atoms with van der Waals surface area (Å²) in [5.41, 5.74) is 7.18. The van der Waals surface area contributed by atoms with E-state index < -0.39 is 36.6 Å². The molecule has 0 saturated carbocycles. The Kier molecular flexibility index (Phi) is 8.67. The summed E-state index contributed by atoms with van der Waals surface area (Å²) in [5.74, 6) is -1.43. The topological polar surface area (TPSA) is 106 Å². The molecule has 1 saturated heterocycles. The maximum Gasteiger partial charge on any atom is 0.401 e. The van der Waals surface area contributed by atoms with Gasteiger partial charge in [-0.2, -0.15) is 18.4 Å². The van der Waals surface area contributed by atoms with Gasteiger partial charge in [0.25, 0.3) is 0 Å². The second kappa shape index (κ2) is 11.1. The van der Waals surface area contributed by atoms with Gasteiger partial charge in [-0.05, 0) is 51.3 Å². The number of amides is 3. The zero-order chi connectivity index (χ0) is 25.9. The Balaban J connectivity index is 1.84. The Morgan fingerprint density at radius 2 is 2.00 bits per heavy atom. The number of alkyl halides is 3. The highest BCUT2D eigenvalue weighted by atomic mass is 32.1. The first-order chi connectivity index (χ1) is 16.4. The molecule has 2 aliphatic rings. The van der Waals surface area contributed by atoms with Crippen LogP contribution in [0.1, 0.15) is 35.8 Å². The van der Waals surface area contributed by atoms with Crippen molar-refractivity contribution in [3.05, 3.63) is 16.0 Å². The van der Waals surface area contributed by atoms with Gasteiger partial charge in [0.1, 0.15) is 11.1 Å². The molecule has 3 atom stereocenters. The van der Waals surface area contributed by atoms with Crippen LogP contribution in [-0.2, 0) is 17.6 Å². The summed E-state index contributed by atoms with van der Waals surface area (Å²) in [5, 5.41) is 12.6. The molecule has 3 rings (SSSR count). The molecule has 0 spiro atoms. The first-order valence-corrected chi connectivity index (χ1v) is 12.6. The minimum absolute atomic E-state index is 0.0635. The molecule has 1 aliphatic carbocycles. The van der Waals surface area contributed by atoms with Crippen LogP contribution in [0.25, 0.3) is 0 Å². The number of fused-ring (bicyclic) bond motifs is 2. The number of imide groups is 1. The largest absolute Gasteiger partial charge is 0.401 e. The van der Waals surface area contributed by atoms with Gasteiger partial charge in [0.05, 0.1) is 18.0 Å². The highest BCUT2D eigenvalue weighted by molar-refractivity contribution is 7.16. The number of hydrogen-bond acceptors (Lipinski definition) is 7. The van der Waals surface area contributed by atoms with Gasteiger partial charge >= 0.3 is 12.2 Å². The predicted octanol–water partition coefficient (Wildman–Crippen LogP) is 2.68. The molecule has 1 unspecified atom stereocenters. The monoisotopic (exact) mass is 514 g/mol. The van der Waals surface area contributed by atoms with Crippen molar-refractivity contribution in [3.8, 4) is 6.07 Å². The number of piperidine rings is 1. The van der Waals surface area contributed by atoms with E-state index in [1.54, 1.807) is 0 Å². The number of halogens is 3. The van der Waals surface area contributed by atoms with Gasteiger partial charge in [0.15, 0.2) is 0 Å². The number of nitrogens with two attached hydrogens (primary N) is 1. The molecule has 1 aromatic rings. The number of rotatable bonds is 7. The van der Waals surface area contributed by atoms with Crippen LogP contribution in [0.15, 0.2) is 0 Å². The number of nitriles is 1. The lowest BCUT2D eigenvalue weighted by Crippen LogP contribution is -2.58. The lowest BCUT2D eigenvalue weighted by Gasteiger charge is -2.47. The smallest absolute Gasteiger partial charge is 0.389 e. The normalized spacial score (nSPS) is 22.3. The lowest BCUT2D eigenvalue weighted by atomic mass is 9.73. The van der Waals surface area contributed by atoms with Crippen molar-refractivity contribution in [2.75, 3.05) is 52.6 Å². The van der Waals surface area contributed by atoms with Crippen LogP contribution in [-0.4, -0.2) is 85.7 Å². The number of thiophene rings is 1. The third kappa shape index (κ3) is 6.45. The van der Waals surface area contributed by atoms with Crippen molar-refractivity contribution in [3.63, 3.8) is 0 Å². The summed E-state index contributed by atoms with van der Waals surface area (Å²) in [6.07, 6.45) is -2.74. The van der Waals surface area contributed by atoms with E-state index in [2.05, 4.69) is 11.4 Å². The van der Waals surface area contributed by atoms with E-state index in [9.17, 15) is 28.0 Å². The number of nitrogens with one attached hydrogen (secondary N) is 1. The third-order valence-electron chi connectivity index (χ3n) is 6.67. The molecular weight excluding hydrogens is 481 g/mol. The standard InChI is InChI=1S/C23H33F3N6O2S/c1-4-6-32(22(34)29-5-7-30(2)3)21(33)15-8-14-9-16-17(11-27)20(28)35-19(16)10-18(14)31(12-15)13-23(24,25)26/h14-15,18H,4-10,12-13,28H2,1-3H3,(H,29,34)/t14?,15-,18-/m1/s1. The summed E-state index contributed by atoms with van der Waals surface area (Å²) in [7, 11) is 3.73. The van der Waals surface area contributed by atoms with E-state index in [1.165, 1.54) is 16.2 Å². The Morgan fingerprint density at radius 1 is 1.29 bits per heavy atom. The maximum absolute atomic E-state index is 13.5. The fourth-order valence-corrected chi connectivity index (χ4v) is 6.25. The van der Waals surface area contributed by atoms with Crippen molar-refractivity contribution in [1.29, 1.82) is 5.26 Å². The average Bonchev–Trinajstić information content (AvgIpc) is 3.07. The number of anilines is 1. The summed E-state index contributed by atoms with van der Waals surface area (Å²) in [6, 6.07) is 1.20. The van der Waals surface area contributed by atoms with Gasteiger partial charge in [0.2, 0.25) is 5.91 Å². The molecule has 1 aliphatic heterocycles. The summed E-state index contributed by atoms with van der Waals surface area (Å²) in [6.45, 7) is 1.80. The first-order valence-electron chi connectivity index (χ1n) is 11.8. The lowest BCUT2D eigenvalue weighted by molar-refractivity contribution is -0.164. The summed E-state index contributed by atoms with van der Waals surface area (Å²) >= 11 is 1.27. The fraction of sp³-hybridized carbons (Fsp3) is 0.696. The van der Waals surface area contributed by atoms with Crippen molar-refractivity contribution in [2.24, 2.45) is 11.8 Å². The molecule has 1 fully saturated rings. The van der Waals surface area contributed by atoms with Crippen LogP contribution in [0, 0.1) is 23.2 Å². The van der Waals surface area contributed by atoms with Gasteiger partial charge in [-0.3, -0.25) is 14.6 Å². The Hall–Kier alpha value is -2.36. The third-order valence-corrected chi connectivity index (χ3v) is 7.75. The number of likely N-dealkylation sites (tertiary alicyclic amines) is 1. The van der Waals surface area contributed by atoms with Crippen LogP contribution in [0.2, 0.25) is 0 Å². The van der Waals surface area contributed by atoms with Gasteiger partial charge in [-0.1, -0.05) is 6.92 Å². The number of nitrogens with zero attached hydrogens (tertiary/aromatic N) is 4. The van der Waals surface area contributed by atoms with E-state index >= 15 is 0 Å². The zero-order valence-corrected chi connectivity index (χ0v) is 21.1. The van der Waals surface area contributed by atoms with Gasteiger partial charge in [-0.25, -0.2) is 4.79 Å². The minimum atomic E-state index is -4.42. The SMILES string of the molecule is CCCN(C(=O)NCCN(C)C)C(=O)[C@@H]1CC2Cc3c(sc(N)c3C#N)C[C@H]2N(CC(F)(F)F)C1. The van der Waals surface area contributed by atoms with Crippen molar-refractivity contribution in [2.45, 2.75) is 44.8 Å². The van der Waals surface area contributed by atoms with Crippen molar-refractivity contribution >= 4 is 28.3 Å². The van der Waals surface area contributed by atoms with Crippen molar-refractivity contribution in [1.82, 2.24) is 20.0 Å². The van der Waals surface area contributed by atoms with Gasteiger partial charge < -0.3 is 16.0 Å². The Labute approximate surface area is 207 Å². The molecule has 3 amide bonds. The van der Waals surface area contributed by atoms with Crippen LogP contribution in [0.5, 0.6) is 0 Å². The quantitative estimate of drug-likeness (QED) is 0.580. The second-order valence-electron chi connectivity index (χ2n) is 9.59. The van der Waals surface area contributed by atoms with Crippen LogP contribution < -0.4 is 11.1 Å². The molecule has 194 valence electrons. The fourth-order valence-electron chi connectivity index (χ4n) is 5.15. The predicted molar refractivity (Wildman–Crippen MR) is 128 cm³/mol. The number of carbonyl (C=O) groups is 2. The number of carbonyl (C=O) groups excluding carboxylic acids is 2. The maximum atomic E-state index is 13.5. The molecule has 0 radical (unpaired) electrons. The Bertz CT molecular complexity index is 974. The second-order valence-corrected chi connectivity index (χ2v) is 10.7. The van der Waals surface area contributed by atoms with E-state index in [0.29, 0.717) is 49.3 Å². The highest BCUT2D eigenvalue weighted by Gasteiger charge is 2.47. The van der Waals surface area contributed by atoms with E-state index in [0.717, 1.165) is 15.3 Å². The molecule has 8 nitrogen and oxygen atoms in total. The molecule has 0 aromatic carbocycles. The molecular formula is C23H33F3N6O2S. The van der Waals surface area contributed by atoms with Gasteiger partial charge in [0, 0.05) is 37.1 Å². The van der Waals surface area contributed by atoms with E-state index in [-0.39, 0.29) is 19.0 Å². The van der Waals surface area contributed by atoms with Crippen LogP contribution in [0.4, 0.5) is 23.0 Å². The number of likely N-dealkylation sites (N-methyl/N-ethyl adjacent to an activating group) is 1. The first kappa shape index (κ1) is 27.2. The van der Waals surface area contributed by atoms with Crippen LogP contribution >= 0.6 is 11.3 Å². The van der Waals surface area contributed by atoms with Gasteiger partial charge in [-0.15, -0.1) is 11.3 Å². The number of nitrogen functional groups attached to an aromatic ring is 1. The summed E-state index contributed by atoms with van der Waals surface area (Å²) in [4.78, 5) is 31.5. The average molecular weight is 515 g/mol. The molecule has 35 heavy (non-hydrogen) atoms. The number of urea groups is 1. The molecule has 12 heteroatoms. The van der Waals surface area contributed by atoms with E-state index in [4.69, 9.17) is 5.73 Å². The zero-order valence-electron chi connectivity index (χ0n) is 20.3. The molecule has 1 aromatic heterocycles. The van der Waals surface area contributed by atoms with Crippen LogP contribution in [0.3, 0.4) is 0 Å².